The molecule has 3 rings (SSSR count). The number of aromatic nitrogens is 1. The summed E-state index contributed by atoms with van der Waals surface area (Å²) in [6.45, 7) is 0. The molecule has 3 aromatic rings. The molecule has 0 aliphatic heterocycles. The number of H-pyrrole nitrogens is 1. The van der Waals surface area contributed by atoms with Crippen molar-refractivity contribution in [2.45, 2.75) is 0 Å². The van der Waals surface area contributed by atoms with Crippen molar-refractivity contribution in [3.63, 3.8) is 0 Å². The Kier molecular flexibility index (Phi) is 2.99. The van der Waals surface area contributed by atoms with Crippen LogP contribution in [0.2, 0.25) is 0 Å². The summed E-state index contributed by atoms with van der Waals surface area (Å²) < 4.78 is 0. The Balaban J connectivity index is 1.86. The number of aromatic amines is 1. The number of carbonyl (C=O) groups excluding carboxylic acids is 1. The van der Waals surface area contributed by atoms with E-state index in [2.05, 4.69) is 4.98 Å². The lowest BCUT2D eigenvalue weighted by Crippen LogP contribution is -1.93. The molecule has 2 aromatic carbocycles. The minimum absolute atomic E-state index is 0.0138. The molecule has 19 heavy (non-hydrogen) atoms. The molecule has 0 aliphatic carbocycles. The van der Waals surface area contributed by atoms with Crippen LogP contribution < -0.4 is 0 Å². The normalized spacial score (nSPS) is 11.2. The van der Waals surface area contributed by atoms with E-state index in [4.69, 9.17) is 0 Å². The highest BCUT2D eigenvalue weighted by atomic mass is 16.1. The van der Waals surface area contributed by atoms with Crippen molar-refractivity contribution >= 4 is 22.8 Å². The van der Waals surface area contributed by atoms with E-state index < -0.39 is 0 Å². The number of hydrogen-bond acceptors (Lipinski definition) is 1. The van der Waals surface area contributed by atoms with Gasteiger partial charge in [-0.1, -0.05) is 54.6 Å². The Hall–Kier alpha value is -2.61. The zero-order valence-corrected chi connectivity index (χ0v) is 10.3. The molecule has 1 heterocycles. The summed E-state index contributed by atoms with van der Waals surface area (Å²) in [5.41, 5.74) is 2.62. The maximum atomic E-state index is 12.1. The minimum Gasteiger partial charge on any atom is -0.352 e. The molecule has 0 unspecified atom stereocenters. The van der Waals surface area contributed by atoms with Crippen LogP contribution in [0.4, 0.5) is 0 Å². The smallest absolute Gasteiger partial charge is 0.202 e. The molecule has 0 aliphatic rings. The van der Waals surface area contributed by atoms with Gasteiger partial charge in [0.1, 0.15) is 0 Å². The number of hydrogen-bond donors (Lipinski definition) is 1. The lowest BCUT2D eigenvalue weighted by molar-refractivity contribution is 0.104. The van der Waals surface area contributed by atoms with Gasteiger partial charge in [0.25, 0.3) is 0 Å². The van der Waals surface area contributed by atoms with Crippen LogP contribution >= 0.6 is 0 Å². The summed E-state index contributed by atoms with van der Waals surface area (Å²) in [6.07, 6.45) is 3.42. The molecule has 0 saturated carbocycles. The summed E-state index contributed by atoms with van der Waals surface area (Å²) in [4.78, 5) is 15.2. The van der Waals surface area contributed by atoms with Crippen LogP contribution in [-0.2, 0) is 0 Å². The molecule has 0 fully saturated rings. The van der Waals surface area contributed by atoms with Gasteiger partial charge in [0.2, 0.25) is 5.78 Å². The summed E-state index contributed by atoms with van der Waals surface area (Å²) >= 11 is 0. The summed E-state index contributed by atoms with van der Waals surface area (Å²) in [6, 6.07) is 19.5. The van der Waals surface area contributed by atoms with E-state index in [1.165, 1.54) is 0 Å². The van der Waals surface area contributed by atoms with E-state index in [0.717, 1.165) is 16.5 Å². The first-order chi connectivity index (χ1) is 9.33. The van der Waals surface area contributed by atoms with Crippen molar-refractivity contribution < 1.29 is 4.79 Å². The van der Waals surface area contributed by atoms with Gasteiger partial charge in [-0.05, 0) is 23.8 Å². The molecule has 0 radical (unpaired) electrons. The number of carbonyl (C=O) groups is 1. The van der Waals surface area contributed by atoms with E-state index in [1.807, 2.05) is 66.7 Å². The second kappa shape index (κ2) is 4.94. The topological polar surface area (TPSA) is 32.9 Å². The largest absolute Gasteiger partial charge is 0.352 e. The van der Waals surface area contributed by atoms with E-state index in [0.29, 0.717) is 5.69 Å². The van der Waals surface area contributed by atoms with Crippen molar-refractivity contribution in [2.24, 2.45) is 0 Å². The average molecular weight is 247 g/mol. The number of nitrogens with one attached hydrogen (secondary N) is 1. The monoisotopic (exact) mass is 247 g/mol. The van der Waals surface area contributed by atoms with Gasteiger partial charge in [-0.25, -0.2) is 0 Å². The van der Waals surface area contributed by atoms with E-state index in [-0.39, 0.29) is 5.78 Å². The van der Waals surface area contributed by atoms with Crippen LogP contribution in [0.25, 0.3) is 17.0 Å². The Labute approximate surface area is 111 Å². The zero-order valence-electron chi connectivity index (χ0n) is 10.3. The quantitative estimate of drug-likeness (QED) is 0.549. The molecule has 0 saturated heterocycles. The molecule has 1 aromatic heterocycles. The predicted octanol–water partition coefficient (Wildman–Crippen LogP) is 4.06. The Morgan fingerprint density at radius 1 is 0.947 bits per heavy atom. The summed E-state index contributed by atoms with van der Waals surface area (Å²) in [7, 11) is 0. The predicted molar refractivity (Wildman–Crippen MR) is 78.1 cm³/mol. The van der Waals surface area contributed by atoms with Crippen LogP contribution in [0.15, 0.2) is 66.7 Å². The first-order valence-electron chi connectivity index (χ1n) is 6.18. The van der Waals surface area contributed by atoms with Crippen LogP contribution in [0.3, 0.4) is 0 Å². The minimum atomic E-state index is -0.0138. The molecule has 2 heteroatoms. The molecule has 1 N–H and O–H groups in total. The van der Waals surface area contributed by atoms with Crippen molar-refractivity contribution in [1.82, 2.24) is 4.98 Å². The summed E-state index contributed by atoms with van der Waals surface area (Å²) in [5, 5.41) is 1.05. The number of para-hydroxylation sites is 1. The third kappa shape index (κ3) is 2.47. The molecular formula is C17H13NO. The maximum Gasteiger partial charge on any atom is 0.202 e. The van der Waals surface area contributed by atoms with Gasteiger partial charge in [-0.15, -0.1) is 0 Å². The Bertz CT molecular complexity index is 705. The van der Waals surface area contributed by atoms with Crippen molar-refractivity contribution in [3.05, 3.63) is 78.0 Å². The van der Waals surface area contributed by atoms with E-state index in [9.17, 15) is 4.79 Å². The highest BCUT2D eigenvalue weighted by Gasteiger charge is 2.05. The number of fused-ring (bicyclic) bond motifs is 1. The van der Waals surface area contributed by atoms with Gasteiger partial charge in [-0.2, -0.15) is 0 Å². The molecule has 0 bridgehead atoms. The first kappa shape index (κ1) is 11.5. The van der Waals surface area contributed by atoms with Gasteiger partial charge >= 0.3 is 0 Å². The van der Waals surface area contributed by atoms with Gasteiger partial charge in [0.15, 0.2) is 0 Å². The fraction of sp³-hybridized carbons (Fsp3) is 0. The second-order valence-corrected chi connectivity index (χ2v) is 4.38. The van der Waals surface area contributed by atoms with Crippen molar-refractivity contribution in [1.29, 1.82) is 0 Å². The van der Waals surface area contributed by atoms with Gasteiger partial charge in [0, 0.05) is 10.9 Å². The number of benzene rings is 2. The molecular weight excluding hydrogens is 234 g/mol. The SMILES string of the molecule is O=C(/C=C/c1ccccc1)c1cc2ccccc2[nH]1. The molecule has 92 valence electrons. The second-order valence-electron chi connectivity index (χ2n) is 4.38. The van der Waals surface area contributed by atoms with E-state index >= 15 is 0 Å². The van der Waals surface area contributed by atoms with Crippen LogP contribution in [0.1, 0.15) is 16.1 Å². The third-order valence-corrected chi connectivity index (χ3v) is 3.02. The Morgan fingerprint density at radius 3 is 2.47 bits per heavy atom. The van der Waals surface area contributed by atoms with Gasteiger partial charge in [0.05, 0.1) is 5.69 Å². The standard InChI is InChI=1S/C17H13NO/c19-17(11-10-13-6-2-1-3-7-13)16-12-14-8-4-5-9-15(14)18-16/h1-12,18H/b11-10+. The van der Waals surface area contributed by atoms with Crippen molar-refractivity contribution in [3.8, 4) is 0 Å². The lowest BCUT2D eigenvalue weighted by Gasteiger charge is -1.91. The number of allylic oxidation sites excluding steroid dienone is 1. The average Bonchev–Trinajstić information content (AvgIpc) is 2.90. The molecule has 0 amide bonds. The van der Waals surface area contributed by atoms with Crippen LogP contribution in [0.5, 0.6) is 0 Å². The molecule has 2 nitrogen and oxygen atoms in total. The fourth-order valence-corrected chi connectivity index (χ4v) is 2.03. The third-order valence-electron chi connectivity index (χ3n) is 3.02. The molecule has 0 spiro atoms. The van der Waals surface area contributed by atoms with Crippen molar-refractivity contribution in [2.75, 3.05) is 0 Å². The maximum absolute atomic E-state index is 12.1. The van der Waals surface area contributed by atoms with Gasteiger partial charge < -0.3 is 4.98 Å². The number of rotatable bonds is 3. The fourth-order valence-electron chi connectivity index (χ4n) is 2.03. The highest BCUT2D eigenvalue weighted by Crippen LogP contribution is 2.15. The van der Waals surface area contributed by atoms with Crippen LogP contribution in [0, 0.1) is 0 Å². The van der Waals surface area contributed by atoms with Gasteiger partial charge in [-0.3, -0.25) is 4.79 Å². The lowest BCUT2D eigenvalue weighted by atomic mass is 10.1. The summed E-state index contributed by atoms with van der Waals surface area (Å²) in [5.74, 6) is -0.0138. The first-order valence-corrected chi connectivity index (χ1v) is 6.18. The molecule has 0 atom stereocenters. The number of ketones is 1. The van der Waals surface area contributed by atoms with Crippen LogP contribution in [-0.4, -0.2) is 10.8 Å². The highest BCUT2D eigenvalue weighted by molar-refractivity contribution is 6.08. The van der Waals surface area contributed by atoms with E-state index in [1.54, 1.807) is 6.08 Å². The Morgan fingerprint density at radius 2 is 1.68 bits per heavy atom. The zero-order chi connectivity index (χ0) is 13.1.